The second kappa shape index (κ2) is 16.0. The summed E-state index contributed by atoms with van der Waals surface area (Å²) in [6, 6.07) is 15.6. The minimum atomic E-state index is -0.562. The third kappa shape index (κ3) is 11.9. The van der Waals surface area contributed by atoms with Crippen LogP contribution in [0.5, 0.6) is 0 Å². The van der Waals surface area contributed by atoms with E-state index in [1.807, 2.05) is 62.5 Å². The van der Waals surface area contributed by atoms with Crippen molar-refractivity contribution in [3.63, 3.8) is 0 Å². The van der Waals surface area contributed by atoms with E-state index in [0.717, 1.165) is 31.7 Å². The molecular formula is C22H27Br2ClN6O3. The number of nitrogens with one attached hydrogen (secondary N) is 1. The van der Waals surface area contributed by atoms with Crippen LogP contribution in [-0.4, -0.2) is 39.6 Å². The molecule has 0 spiro atoms. The molecule has 0 aliphatic carbocycles. The number of hydrogen-bond acceptors (Lipinski definition) is 7. The summed E-state index contributed by atoms with van der Waals surface area (Å²) < 4.78 is 7.84. The second-order valence-corrected chi connectivity index (χ2v) is 8.26. The highest BCUT2D eigenvalue weighted by atomic mass is 79.9. The fourth-order valence-corrected chi connectivity index (χ4v) is 2.72. The van der Waals surface area contributed by atoms with E-state index in [2.05, 4.69) is 57.2 Å². The highest BCUT2D eigenvalue weighted by Gasteiger charge is 2.05. The average molecular weight is 619 g/mol. The number of carbonyl (C=O) groups is 2. The second-order valence-electron chi connectivity index (χ2n) is 6.43. The molecule has 184 valence electrons. The Hall–Kier alpha value is -2.76. The molecule has 9 nitrogen and oxygen atoms in total. The average Bonchev–Trinajstić information content (AvgIpc) is 3.07. The predicted octanol–water partition coefficient (Wildman–Crippen LogP) is 4.36. The van der Waals surface area contributed by atoms with Crippen molar-refractivity contribution in [1.82, 2.24) is 20.2 Å². The minimum Gasteiger partial charge on any atom is -0.394 e. The summed E-state index contributed by atoms with van der Waals surface area (Å²) in [5.41, 5.74) is 10.2. The zero-order valence-corrected chi connectivity index (χ0v) is 23.4. The van der Waals surface area contributed by atoms with Crippen molar-refractivity contribution >= 4 is 62.0 Å². The lowest BCUT2D eigenvalue weighted by atomic mass is 10.2. The molecule has 0 unspecified atom stereocenters. The number of halogens is 3. The molecule has 0 saturated carbocycles. The molecule has 0 amide bonds. The molecule has 0 fully saturated rings. The molecule has 3 rings (SSSR count). The topological polar surface area (TPSA) is 124 Å². The van der Waals surface area contributed by atoms with Crippen molar-refractivity contribution in [1.29, 1.82) is 0 Å². The van der Waals surface area contributed by atoms with Gasteiger partial charge in [-0.3, -0.25) is 14.3 Å². The van der Waals surface area contributed by atoms with Crippen LogP contribution in [0.2, 0.25) is 0 Å². The highest BCUT2D eigenvalue weighted by molar-refractivity contribution is 9.10. The van der Waals surface area contributed by atoms with Gasteiger partial charge in [0.15, 0.2) is 11.7 Å². The summed E-state index contributed by atoms with van der Waals surface area (Å²) in [7, 11) is 3.61. The van der Waals surface area contributed by atoms with E-state index in [9.17, 15) is 9.59 Å². The monoisotopic (exact) mass is 616 g/mol. The fraction of sp³-hybridized carbons (Fsp3) is 0.227. The number of aryl methyl sites for hydroxylation is 2. The first-order valence-electron chi connectivity index (χ1n) is 9.61. The SMILES string of the molecule is CC(=O)OC(C)=O.CNN=C(N)c1ccc(Br)cc1.Cc1nc(-c2ccc(Br)cc2)nn1C.Cl. The van der Waals surface area contributed by atoms with Crippen LogP contribution in [0.1, 0.15) is 25.2 Å². The van der Waals surface area contributed by atoms with Crippen LogP contribution in [0.3, 0.4) is 0 Å². The number of amidine groups is 1. The van der Waals surface area contributed by atoms with Crippen LogP contribution in [-0.2, 0) is 21.4 Å². The molecule has 2 aromatic carbocycles. The van der Waals surface area contributed by atoms with E-state index in [0.29, 0.717) is 5.84 Å². The number of carbonyl (C=O) groups excluding carboxylic acids is 2. The lowest BCUT2D eigenvalue weighted by molar-refractivity contribution is -0.156. The van der Waals surface area contributed by atoms with Gasteiger partial charge in [0, 0.05) is 48.0 Å². The first-order valence-corrected chi connectivity index (χ1v) is 11.2. The normalized spacial score (nSPS) is 9.91. The van der Waals surface area contributed by atoms with Gasteiger partial charge in [-0.25, -0.2) is 4.98 Å². The van der Waals surface area contributed by atoms with Gasteiger partial charge >= 0.3 is 11.9 Å². The Kier molecular flexibility index (Phi) is 14.7. The van der Waals surface area contributed by atoms with Gasteiger partial charge in [-0.15, -0.1) is 12.4 Å². The van der Waals surface area contributed by atoms with Gasteiger partial charge in [0.25, 0.3) is 0 Å². The smallest absolute Gasteiger partial charge is 0.310 e. The van der Waals surface area contributed by atoms with Crippen molar-refractivity contribution in [2.24, 2.45) is 17.9 Å². The van der Waals surface area contributed by atoms with Crippen LogP contribution in [0.15, 0.2) is 62.6 Å². The Morgan fingerprint density at radius 3 is 1.82 bits per heavy atom. The summed E-state index contributed by atoms with van der Waals surface area (Å²) >= 11 is 6.73. The van der Waals surface area contributed by atoms with Crippen LogP contribution in [0.25, 0.3) is 11.4 Å². The maximum atomic E-state index is 9.81. The van der Waals surface area contributed by atoms with Crippen molar-refractivity contribution < 1.29 is 14.3 Å². The standard InChI is InChI=1S/C10H10BrN3.C8H10BrN3.C4H6O3.ClH/c1-7-12-10(13-14(7)2)8-3-5-9(11)6-4-8;1-11-12-8(10)6-2-4-7(9)5-3-6;1-3(5)7-4(2)6;/h3-6H,1-2H3;2-5,11H,1H3,(H2,10,12);1-2H3;1H. The Labute approximate surface area is 221 Å². The quantitative estimate of drug-likeness (QED) is 0.147. The first-order chi connectivity index (χ1) is 15.5. The van der Waals surface area contributed by atoms with E-state index in [1.54, 1.807) is 11.7 Å². The molecule has 0 bridgehead atoms. The van der Waals surface area contributed by atoms with E-state index in [4.69, 9.17) is 5.73 Å². The van der Waals surface area contributed by atoms with E-state index in [-0.39, 0.29) is 12.4 Å². The molecule has 0 radical (unpaired) electrons. The number of aromatic nitrogens is 3. The Bertz CT molecular complexity index is 1060. The van der Waals surface area contributed by atoms with Crippen LogP contribution >= 0.6 is 44.3 Å². The van der Waals surface area contributed by atoms with Gasteiger partial charge in [0.1, 0.15) is 5.82 Å². The maximum Gasteiger partial charge on any atom is 0.310 e. The minimum absolute atomic E-state index is 0. The molecule has 0 aliphatic rings. The molecule has 1 heterocycles. The fourth-order valence-electron chi connectivity index (χ4n) is 2.19. The lowest BCUT2D eigenvalue weighted by Crippen LogP contribution is -2.16. The molecule has 3 N–H and O–H groups in total. The Morgan fingerprint density at radius 1 is 1.00 bits per heavy atom. The summed E-state index contributed by atoms with van der Waals surface area (Å²) in [6.45, 7) is 4.30. The summed E-state index contributed by atoms with van der Waals surface area (Å²) in [5, 5.41) is 8.15. The molecule has 0 atom stereocenters. The number of nitrogens with two attached hydrogens (primary N) is 1. The number of nitrogens with zero attached hydrogens (tertiary/aromatic N) is 4. The van der Waals surface area contributed by atoms with E-state index in [1.165, 1.54) is 13.8 Å². The van der Waals surface area contributed by atoms with Gasteiger partial charge in [0.2, 0.25) is 0 Å². The summed E-state index contributed by atoms with van der Waals surface area (Å²) in [4.78, 5) is 24.0. The van der Waals surface area contributed by atoms with Crippen LogP contribution in [0.4, 0.5) is 0 Å². The molecule has 1 aromatic heterocycles. The number of ether oxygens (including phenoxy) is 1. The Morgan fingerprint density at radius 2 is 1.47 bits per heavy atom. The molecule has 3 aromatic rings. The van der Waals surface area contributed by atoms with Crippen LogP contribution < -0.4 is 11.2 Å². The van der Waals surface area contributed by atoms with Gasteiger partial charge in [-0.1, -0.05) is 56.1 Å². The Balaban J connectivity index is 0.000000501. The maximum absolute atomic E-state index is 9.81. The number of hydrogen-bond donors (Lipinski definition) is 2. The number of hydrazone groups is 1. The third-order valence-corrected chi connectivity index (χ3v) is 4.80. The van der Waals surface area contributed by atoms with Gasteiger partial charge in [-0.05, 0) is 31.2 Å². The van der Waals surface area contributed by atoms with Gasteiger partial charge in [-0.2, -0.15) is 10.2 Å². The molecular weight excluding hydrogens is 592 g/mol. The largest absolute Gasteiger partial charge is 0.394 e. The van der Waals surface area contributed by atoms with Crippen molar-refractivity contribution in [2.45, 2.75) is 20.8 Å². The number of benzene rings is 2. The van der Waals surface area contributed by atoms with E-state index >= 15 is 0 Å². The van der Waals surface area contributed by atoms with Gasteiger partial charge < -0.3 is 15.9 Å². The molecule has 0 saturated heterocycles. The van der Waals surface area contributed by atoms with Gasteiger partial charge in [0.05, 0.1) is 0 Å². The number of esters is 2. The number of rotatable bonds is 3. The third-order valence-electron chi connectivity index (χ3n) is 3.74. The zero-order valence-electron chi connectivity index (χ0n) is 19.4. The summed E-state index contributed by atoms with van der Waals surface area (Å²) in [6.07, 6.45) is 0. The molecule has 34 heavy (non-hydrogen) atoms. The van der Waals surface area contributed by atoms with Crippen molar-refractivity contribution in [2.75, 3.05) is 7.05 Å². The zero-order chi connectivity index (χ0) is 25.0. The van der Waals surface area contributed by atoms with Crippen molar-refractivity contribution in [3.8, 4) is 11.4 Å². The van der Waals surface area contributed by atoms with Crippen LogP contribution in [0, 0.1) is 6.92 Å². The molecule has 12 heteroatoms. The molecule has 0 aliphatic heterocycles. The highest BCUT2D eigenvalue weighted by Crippen LogP contribution is 2.18. The first kappa shape index (κ1) is 31.2. The van der Waals surface area contributed by atoms with E-state index < -0.39 is 11.9 Å². The predicted molar refractivity (Wildman–Crippen MR) is 142 cm³/mol. The van der Waals surface area contributed by atoms with Crippen molar-refractivity contribution in [3.05, 3.63) is 68.9 Å². The lowest BCUT2D eigenvalue weighted by Gasteiger charge is -1.99. The summed E-state index contributed by atoms with van der Waals surface area (Å²) in [5.74, 6) is 1.06.